The first kappa shape index (κ1) is 12.3. The molecular formula is C8H17NO4. The molecule has 0 unspecified atom stereocenters. The molecular weight excluding hydrogens is 174 g/mol. The van der Waals surface area contributed by atoms with Crippen LogP contribution in [0.5, 0.6) is 0 Å². The van der Waals surface area contributed by atoms with E-state index in [0.717, 1.165) is 6.41 Å². The third-order valence-electron chi connectivity index (χ3n) is 1.37. The predicted molar refractivity (Wildman–Crippen MR) is 47.3 cm³/mol. The number of rotatable bonds is 9. The number of carbonyl (C=O) groups is 1. The zero-order valence-electron chi connectivity index (χ0n) is 8.19. The molecule has 0 aliphatic rings. The van der Waals surface area contributed by atoms with Crippen LogP contribution < -0.4 is 0 Å². The van der Waals surface area contributed by atoms with Crippen LogP contribution in [0.3, 0.4) is 0 Å². The first-order valence-corrected chi connectivity index (χ1v) is 4.11. The van der Waals surface area contributed by atoms with Crippen molar-refractivity contribution in [3.05, 3.63) is 0 Å². The molecule has 0 aromatic carbocycles. The Morgan fingerprint density at radius 3 is 2.54 bits per heavy atom. The lowest BCUT2D eigenvalue weighted by atomic mass is 10.6. The van der Waals surface area contributed by atoms with Crippen molar-refractivity contribution in [1.82, 2.24) is 4.90 Å². The van der Waals surface area contributed by atoms with Crippen LogP contribution in [0.4, 0.5) is 0 Å². The van der Waals surface area contributed by atoms with Gasteiger partial charge in [-0.25, -0.2) is 0 Å². The quantitative estimate of drug-likeness (QED) is 0.285. The van der Waals surface area contributed by atoms with Crippen molar-refractivity contribution in [2.75, 3.05) is 47.3 Å². The Morgan fingerprint density at radius 1 is 1.23 bits per heavy atom. The van der Waals surface area contributed by atoms with Crippen LogP contribution >= 0.6 is 0 Å². The third-order valence-corrected chi connectivity index (χ3v) is 1.37. The van der Waals surface area contributed by atoms with Crippen LogP contribution in [0.15, 0.2) is 0 Å². The lowest BCUT2D eigenvalue weighted by Gasteiger charge is -2.10. The van der Waals surface area contributed by atoms with E-state index in [2.05, 4.69) is 0 Å². The molecule has 0 aromatic heterocycles. The van der Waals surface area contributed by atoms with Crippen LogP contribution in [-0.2, 0) is 19.0 Å². The Kier molecular flexibility index (Phi) is 8.97. The van der Waals surface area contributed by atoms with E-state index in [-0.39, 0.29) is 6.79 Å². The molecule has 5 heteroatoms. The molecule has 1 amide bonds. The molecule has 0 aliphatic carbocycles. The number of methoxy groups -OCH3 is 1. The average molecular weight is 191 g/mol. The molecule has 0 rings (SSSR count). The van der Waals surface area contributed by atoms with Crippen LogP contribution in [0, 0.1) is 0 Å². The van der Waals surface area contributed by atoms with Gasteiger partial charge in [-0.05, 0) is 0 Å². The topological polar surface area (TPSA) is 48.0 Å². The first-order valence-electron chi connectivity index (χ1n) is 4.11. The Labute approximate surface area is 78.6 Å². The molecule has 5 nitrogen and oxygen atoms in total. The summed E-state index contributed by atoms with van der Waals surface area (Å²) < 4.78 is 14.9. The van der Waals surface area contributed by atoms with Gasteiger partial charge in [0.25, 0.3) is 0 Å². The fourth-order valence-electron chi connectivity index (χ4n) is 0.580. The minimum atomic E-state index is 0.246. The summed E-state index contributed by atoms with van der Waals surface area (Å²) in [6.45, 7) is 2.41. The summed E-state index contributed by atoms with van der Waals surface area (Å²) in [4.78, 5) is 11.6. The summed E-state index contributed by atoms with van der Waals surface area (Å²) in [6, 6.07) is 0. The van der Waals surface area contributed by atoms with Gasteiger partial charge in [0.15, 0.2) is 0 Å². The predicted octanol–water partition coefficient (Wildman–Crippen LogP) is -0.288. The smallest absolute Gasteiger partial charge is 0.209 e. The summed E-state index contributed by atoms with van der Waals surface area (Å²) in [5.74, 6) is 0. The molecule has 0 spiro atoms. The highest BCUT2D eigenvalue weighted by molar-refractivity contribution is 5.46. The SMILES string of the molecule is COCCOCOCCN(C)C=O. The Hall–Kier alpha value is -0.650. The van der Waals surface area contributed by atoms with Gasteiger partial charge in [0.2, 0.25) is 6.41 Å². The largest absolute Gasteiger partial charge is 0.382 e. The number of nitrogens with zero attached hydrogens (tertiary/aromatic N) is 1. The van der Waals surface area contributed by atoms with Crippen molar-refractivity contribution >= 4 is 6.41 Å². The lowest BCUT2D eigenvalue weighted by molar-refractivity contribution is -0.119. The minimum Gasteiger partial charge on any atom is -0.382 e. The van der Waals surface area contributed by atoms with Gasteiger partial charge in [-0.2, -0.15) is 0 Å². The van der Waals surface area contributed by atoms with Crippen molar-refractivity contribution in [2.24, 2.45) is 0 Å². The summed E-state index contributed by atoms with van der Waals surface area (Å²) in [5, 5.41) is 0. The summed E-state index contributed by atoms with van der Waals surface area (Å²) in [7, 11) is 3.31. The van der Waals surface area contributed by atoms with Gasteiger partial charge in [0.05, 0.1) is 19.8 Å². The number of hydrogen-bond donors (Lipinski definition) is 0. The van der Waals surface area contributed by atoms with Crippen LogP contribution in [0.1, 0.15) is 0 Å². The normalized spacial score (nSPS) is 10.0. The number of amides is 1. The standard InChI is InChI=1S/C8H17NO4/c1-9(7-10)3-4-12-8-13-6-5-11-2/h7H,3-6,8H2,1-2H3. The zero-order valence-corrected chi connectivity index (χ0v) is 8.19. The fraction of sp³-hybridized carbons (Fsp3) is 0.875. The van der Waals surface area contributed by atoms with E-state index >= 15 is 0 Å². The van der Waals surface area contributed by atoms with Crippen LogP contribution in [0.25, 0.3) is 0 Å². The summed E-state index contributed by atoms with van der Waals surface area (Å²) >= 11 is 0. The van der Waals surface area contributed by atoms with E-state index < -0.39 is 0 Å². The average Bonchev–Trinajstić information content (AvgIpc) is 2.16. The van der Waals surface area contributed by atoms with E-state index in [4.69, 9.17) is 14.2 Å². The molecule has 78 valence electrons. The van der Waals surface area contributed by atoms with E-state index in [1.54, 1.807) is 14.2 Å². The van der Waals surface area contributed by atoms with E-state index in [1.807, 2.05) is 0 Å². The molecule has 0 aromatic rings. The van der Waals surface area contributed by atoms with Gasteiger partial charge < -0.3 is 19.1 Å². The fourth-order valence-corrected chi connectivity index (χ4v) is 0.580. The maximum atomic E-state index is 10.1. The Morgan fingerprint density at radius 2 is 1.92 bits per heavy atom. The molecule has 0 radical (unpaired) electrons. The Balaban J connectivity index is 2.95. The zero-order chi connectivity index (χ0) is 9.94. The number of carbonyl (C=O) groups excluding carboxylic acids is 1. The summed E-state index contributed by atoms with van der Waals surface area (Å²) in [6.07, 6.45) is 0.759. The number of ether oxygens (including phenoxy) is 3. The van der Waals surface area contributed by atoms with Gasteiger partial charge in [0, 0.05) is 20.7 Å². The first-order chi connectivity index (χ1) is 6.31. The van der Waals surface area contributed by atoms with Gasteiger partial charge in [-0.3, -0.25) is 4.79 Å². The number of hydrogen-bond acceptors (Lipinski definition) is 4. The van der Waals surface area contributed by atoms with Crippen LogP contribution in [-0.4, -0.2) is 58.6 Å². The molecule has 0 atom stereocenters. The molecule has 0 saturated carbocycles. The van der Waals surface area contributed by atoms with Crippen molar-refractivity contribution in [2.45, 2.75) is 0 Å². The second-order valence-corrected chi connectivity index (χ2v) is 2.51. The lowest BCUT2D eigenvalue weighted by Crippen LogP contribution is -2.22. The molecule has 0 heterocycles. The van der Waals surface area contributed by atoms with Crippen molar-refractivity contribution in [3.8, 4) is 0 Å². The molecule has 13 heavy (non-hydrogen) atoms. The molecule has 0 aliphatic heterocycles. The van der Waals surface area contributed by atoms with Gasteiger partial charge in [-0.15, -0.1) is 0 Å². The van der Waals surface area contributed by atoms with E-state index in [9.17, 15) is 4.79 Å². The monoisotopic (exact) mass is 191 g/mol. The van der Waals surface area contributed by atoms with Crippen molar-refractivity contribution < 1.29 is 19.0 Å². The molecule has 0 saturated heterocycles. The van der Waals surface area contributed by atoms with Gasteiger partial charge in [0.1, 0.15) is 6.79 Å². The van der Waals surface area contributed by atoms with Crippen molar-refractivity contribution in [1.29, 1.82) is 0 Å². The minimum absolute atomic E-state index is 0.246. The maximum Gasteiger partial charge on any atom is 0.209 e. The van der Waals surface area contributed by atoms with Gasteiger partial charge >= 0.3 is 0 Å². The molecule has 0 fully saturated rings. The van der Waals surface area contributed by atoms with E-state index in [1.165, 1.54) is 4.90 Å². The summed E-state index contributed by atoms with van der Waals surface area (Å²) in [5.41, 5.74) is 0. The molecule has 0 bridgehead atoms. The number of likely N-dealkylation sites (N-methyl/N-ethyl adjacent to an activating group) is 1. The van der Waals surface area contributed by atoms with Gasteiger partial charge in [-0.1, -0.05) is 0 Å². The van der Waals surface area contributed by atoms with Crippen molar-refractivity contribution in [3.63, 3.8) is 0 Å². The maximum absolute atomic E-state index is 10.1. The highest BCUT2D eigenvalue weighted by Crippen LogP contribution is 1.81. The second-order valence-electron chi connectivity index (χ2n) is 2.51. The second kappa shape index (κ2) is 9.44. The third kappa shape index (κ3) is 9.26. The highest BCUT2D eigenvalue weighted by atomic mass is 16.7. The highest BCUT2D eigenvalue weighted by Gasteiger charge is 1.92. The van der Waals surface area contributed by atoms with Crippen LogP contribution in [0.2, 0.25) is 0 Å². The molecule has 0 N–H and O–H groups in total. The van der Waals surface area contributed by atoms with E-state index in [0.29, 0.717) is 26.4 Å². The Bertz CT molecular complexity index is 121.